The zero-order valence-corrected chi connectivity index (χ0v) is 12.6. The number of hydrogen-bond acceptors (Lipinski definition) is 3. The Morgan fingerprint density at radius 1 is 0.909 bits per heavy atom. The SMILES string of the molecule is Cc1ccccc1N1CCN(c2cccc(F)c2C#N)CC1. The predicted molar refractivity (Wildman–Crippen MR) is 86.7 cm³/mol. The van der Waals surface area contributed by atoms with Gasteiger partial charge in [0.2, 0.25) is 0 Å². The molecule has 0 aliphatic carbocycles. The Balaban J connectivity index is 1.77. The summed E-state index contributed by atoms with van der Waals surface area (Å²) in [5.41, 5.74) is 3.36. The van der Waals surface area contributed by atoms with Crippen LogP contribution in [0.15, 0.2) is 42.5 Å². The third-order valence-corrected chi connectivity index (χ3v) is 4.18. The van der Waals surface area contributed by atoms with E-state index in [1.807, 2.05) is 18.2 Å². The maximum Gasteiger partial charge on any atom is 0.143 e. The molecule has 0 radical (unpaired) electrons. The number of aryl methyl sites for hydroxylation is 1. The van der Waals surface area contributed by atoms with Crippen molar-refractivity contribution in [1.29, 1.82) is 5.26 Å². The Bertz CT molecular complexity index is 713. The van der Waals surface area contributed by atoms with E-state index in [0.29, 0.717) is 5.69 Å². The Hall–Kier alpha value is -2.54. The molecule has 0 aromatic heterocycles. The number of nitriles is 1. The van der Waals surface area contributed by atoms with Crippen molar-refractivity contribution in [2.24, 2.45) is 0 Å². The van der Waals surface area contributed by atoms with Crippen molar-refractivity contribution in [3.05, 3.63) is 59.4 Å². The van der Waals surface area contributed by atoms with E-state index >= 15 is 0 Å². The molecule has 22 heavy (non-hydrogen) atoms. The lowest BCUT2D eigenvalue weighted by molar-refractivity contribution is 0.616. The summed E-state index contributed by atoms with van der Waals surface area (Å²) in [6, 6.07) is 15.2. The minimum atomic E-state index is -0.443. The summed E-state index contributed by atoms with van der Waals surface area (Å²) in [5.74, 6) is -0.443. The molecule has 0 atom stereocenters. The fourth-order valence-corrected chi connectivity index (χ4v) is 2.99. The summed E-state index contributed by atoms with van der Waals surface area (Å²) in [4.78, 5) is 4.44. The van der Waals surface area contributed by atoms with Gasteiger partial charge in [0, 0.05) is 31.9 Å². The van der Waals surface area contributed by atoms with Crippen molar-refractivity contribution < 1.29 is 4.39 Å². The van der Waals surface area contributed by atoms with Gasteiger partial charge in [-0.1, -0.05) is 24.3 Å². The number of anilines is 2. The van der Waals surface area contributed by atoms with E-state index in [1.165, 1.54) is 17.3 Å². The van der Waals surface area contributed by atoms with Crippen molar-refractivity contribution >= 4 is 11.4 Å². The summed E-state index contributed by atoms with van der Waals surface area (Å²) in [5, 5.41) is 9.17. The number of nitrogens with zero attached hydrogens (tertiary/aromatic N) is 3. The molecule has 112 valence electrons. The fourth-order valence-electron chi connectivity index (χ4n) is 2.99. The van der Waals surface area contributed by atoms with Gasteiger partial charge in [0.05, 0.1) is 5.69 Å². The monoisotopic (exact) mass is 295 g/mol. The molecule has 0 unspecified atom stereocenters. The van der Waals surface area contributed by atoms with E-state index in [4.69, 9.17) is 5.26 Å². The fraction of sp³-hybridized carbons (Fsp3) is 0.278. The third-order valence-electron chi connectivity index (χ3n) is 4.18. The zero-order chi connectivity index (χ0) is 15.5. The van der Waals surface area contributed by atoms with Gasteiger partial charge in [0.15, 0.2) is 0 Å². The Labute approximate surface area is 130 Å². The molecular weight excluding hydrogens is 277 g/mol. The highest BCUT2D eigenvalue weighted by Gasteiger charge is 2.21. The second-order valence-corrected chi connectivity index (χ2v) is 5.51. The van der Waals surface area contributed by atoms with Crippen LogP contribution in [-0.2, 0) is 0 Å². The van der Waals surface area contributed by atoms with E-state index < -0.39 is 5.82 Å². The normalized spacial score (nSPS) is 14.8. The van der Waals surface area contributed by atoms with Gasteiger partial charge in [-0.2, -0.15) is 5.26 Å². The highest BCUT2D eigenvalue weighted by molar-refractivity contribution is 5.61. The van der Waals surface area contributed by atoms with Crippen molar-refractivity contribution in [2.45, 2.75) is 6.92 Å². The van der Waals surface area contributed by atoms with E-state index in [2.05, 4.69) is 34.9 Å². The highest BCUT2D eigenvalue weighted by atomic mass is 19.1. The maximum atomic E-state index is 13.7. The van der Waals surface area contributed by atoms with E-state index in [0.717, 1.165) is 26.2 Å². The lowest BCUT2D eigenvalue weighted by Crippen LogP contribution is -2.47. The molecule has 0 amide bonds. The minimum absolute atomic E-state index is 0.145. The van der Waals surface area contributed by atoms with Gasteiger partial charge in [-0.05, 0) is 30.7 Å². The highest BCUT2D eigenvalue weighted by Crippen LogP contribution is 2.26. The van der Waals surface area contributed by atoms with Gasteiger partial charge in [-0.15, -0.1) is 0 Å². The average molecular weight is 295 g/mol. The minimum Gasteiger partial charge on any atom is -0.368 e. The quantitative estimate of drug-likeness (QED) is 0.851. The molecule has 3 nitrogen and oxygen atoms in total. The van der Waals surface area contributed by atoms with Crippen molar-refractivity contribution in [3.8, 4) is 6.07 Å². The van der Waals surface area contributed by atoms with Crippen LogP contribution in [0.25, 0.3) is 0 Å². The standard InChI is InChI=1S/C18H18FN3/c1-14-5-2-3-7-17(14)21-9-11-22(12-10-21)18-8-4-6-16(19)15(18)13-20/h2-8H,9-12H2,1H3. The Morgan fingerprint density at radius 2 is 1.50 bits per heavy atom. The molecule has 4 heteroatoms. The Morgan fingerprint density at radius 3 is 2.14 bits per heavy atom. The summed E-state index contributed by atoms with van der Waals surface area (Å²) >= 11 is 0. The van der Waals surface area contributed by atoms with E-state index in [1.54, 1.807) is 6.07 Å². The first-order chi connectivity index (χ1) is 10.7. The van der Waals surface area contributed by atoms with E-state index in [9.17, 15) is 4.39 Å². The topological polar surface area (TPSA) is 30.3 Å². The molecule has 2 aromatic rings. The molecule has 0 bridgehead atoms. The summed E-state index contributed by atoms with van der Waals surface area (Å²) in [7, 11) is 0. The molecular formula is C18H18FN3. The van der Waals surface area contributed by atoms with Gasteiger partial charge < -0.3 is 9.80 Å². The van der Waals surface area contributed by atoms with Crippen molar-refractivity contribution in [1.82, 2.24) is 0 Å². The van der Waals surface area contributed by atoms with Gasteiger partial charge in [0.25, 0.3) is 0 Å². The molecule has 0 N–H and O–H groups in total. The van der Waals surface area contributed by atoms with Crippen molar-refractivity contribution in [3.63, 3.8) is 0 Å². The smallest absolute Gasteiger partial charge is 0.143 e. The summed E-state index contributed by atoms with van der Waals surface area (Å²) < 4.78 is 13.7. The van der Waals surface area contributed by atoms with Crippen LogP contribution in [0.2, 0.25) is 0 Å². The molecule has 1 fully saturated rings. The van der Waals surface area contributed by atoms with Crippen LogP contribution in [0.3, 0.4) is 0 Å². The van der Waals surface area contributed by atoms with Gasteiger partial charge in [-0.3, -0.25) is 0 Å². The second-order valence-electron chi connectivity index (χ2n) is 5.51. The average Bonchev–Trinajstić information content (AvgIpc) is 2.55. The maximum absolute atomic E-state index is 13.7. The number of piperazine rings is 1. The number of hydrogen-bond donors (Lipinski definition) is 0. The van der Waals surface area contributed by atoms with Crippen LogP contribution in [0.1, 0.15) is 11.1 Å². The van der Waals surface area contributed by atoms with Crippen LogP contribution < -0.4 is 9.80 Å². The number of rotatable bonds is 2. The molecule has 1 saturated heterocycles. The van der Waals surface area contributed by atoms with Gasteiger partial charge in [0.1, 0.15) is 17.4 Å². The van der Waals surface area contributed by atoms with Crippen LogP contribution in [0.4, 0.5) is 15.8 Å². The van der Waals surface area contributed by atoms with Gasteiger partial charge >= 0.3 is 0 Å². The molecule has 1 heterocycles. The first-order valence-corrected chi connectivity index (χ1v) is 7.45. The van der Waals surface area contributed by atoms with Crippen LogP contribution >= 0.6 is 0 Å². The largest absolute Gasteiger partial charge is 0.368 e. The molecule has 3 rings (SSSR count). The summed E-state index contributed by atoms with van der Waals surface area (Å²) in [6.07, 6.45) is 0. The molecule has 1 aliphatic rings. The zero-order valence-electron chi connectivity index (χ0n) is 12.6. The third kappa shape index (κ3) is 2.62. The van der Waals surface area contributed by atoms with Gasteiger partial charge in [-0.25, -0.2) is 4.39 Å². The molecule has 1 aliphatic heterocycles. The second kappa shape index (κ2) is 6.07. The lowest BCUT2D eigenvalue weighted by atomic mass is 10.1. The Kier molecular flexibility index (Phi) is 3.97. The molecule has 2 aromatic carbocycles. The van der Waals surface area contributed by atoms with E-state index in [-0.39, 0.29) is 5.56 Å². The number of benzene rings is 2. The lowest BCUT2D eigenvalue weighted by Gasteiger charge is -2.38. The van der Waals surface area contributed by atoms with Crippen molar-refractivity contribution in [2.75, 3.05) is 36.0 Å². The first kappa shape index (κ1) is 14.4. The molecule has 0 spiro atoms. The predicted octanol–water partition coefficient (Wildman–Crippen LogP) is 3.33. The van der Waals surface area contributed by atoms with Crippen LogP contribution in [-0.4, -0.2) is 26.2 Å². The van der Waals surface area contributed by atoms with Crippen LogP contribution in [0.5, 0.6) is 0 Å². The molecule has 0 saturated carbocycles. The van der Waals surface area contributed by atoms with Crippen LogP contribution in [0, 0.1) is 24.1 Å². The number of para-hydroxylation sites is 1. The summed E-state index contributed by atoms with van der Waals surface area (Å²) in [6.45, 7) is 5.42. The first-order valence-electron chi connectivity index (χ1n) is 7.45. The number of halogens is 1.